The molecule has 1 saturated heterocycles. The monoisotopic (exact) mass is 292 g/mol. The Morgan fingerprint density at radius 1 is 1.43 bits per heavy atom. The van der Waals surface area contributed by atoms with Crippen LogP contribution in [0.4, 0.5) is 0 Å². The van der Waals surface area contributed by atoms with Gasteiger partial charge in [-0.1, -0.05) is 18.2 Å². The number of rotatable bonds is 6. The first-order valence-corrected chi connectivity index (χ1v) is 7.90. The molecule has 1 aliphatic heterocycles. The van der Waals surface area contributed by atoms with Gasteiger partial charge in [-0.2, -0.15) is 0 Å². The fraction of sp³-hybridized carbons (Fsp3) is 0.647. The number of ether oxygens (including phenoxy) is 1. The highest BCUT2D eigenvalue weighted by atomic mass is 16.5. The second kappa shape index (κ2) is 7.78. The highest BCUT2D eigenvalue weighted by Crippen LogP contribution is 2.26. The molecule has 21 heavy (non-hydrogen) atoms. The molecule has 1 N–H and O–H groups in total. The quantitative estimate of drug-likeness (QED) is 0.871. The highest BCUT2D eigenvalue weighted by molar-refractivity contribution is 5.35. The van der Waals surface area contributed by atoms with Crippen molar-refractivity contribution in [3.05, 3.63) is 29.8 Å². The number of aliphatic hydroxyl groups excluding tert-OH is 1. The molecule has 1 aliphatic rings. The molecule has 2 atom stereocenters. The Morgan fingerprint density at radius 2 is 2.19 bits per heavy atom. The van der Waals surface area contributed by atoms with Gasteiger partial charge in [0.1, 0.15) is 5.75 Å². The fourth-order valence-electron chi connectivity index (χ4n) is 3.06. The van der Waals surface area contributed by atoms with Gasteiger partial charge < -0.3 is 14.7 Å². The summed E-state index contributed by atoms with van der Waals surface area (Å²) in [7, 11) is 4.27. The van der Waals surface area contributed by atoms with Crippen LogP contribution in [0.25, 0.3) is 0 Å². The van der Waals surface area contributed by atoms with E-state index in [1.54, 1.807) is 0 Å². The summed E-state index contributed by atoms with van der Waals surface area (Å²) in [6.07, 6.45) is 1.93. The smallest absolute Gasteiger partial charge is 0.125 e. The Labute approximate surface area is 128 Å². The summed E-state index contributed by atoms with van der Waals surface area (Å²) in [5.74, 6) is 0.793. The van der Waals surface area contributed by atoms with Gasteiger partial charge in [-0.25, -0.2) is 0 Å². The van der Waals surface area contributed by atoms with Crippen molar-refractivity contribution in [3.63, 3.8) is 0 Å². The minimum Gasteiger partial charge on any atom is -0.493 e. The van der Waals surface area contributed by atoms with Crippen LogP contribution in [0.2, 0.25) is 0 Å². The highest BCUT2D eigenvalue weighted by Gasteiger charge is 2.24. The third-order valence-corrected chi connectivity index (χ3v) is 4.26. The van der Waals surface area contributed by atoms with E-state index in [0.717, 1.165) is 17.9 Å². The van der Waals surface area contributed by atoms with E-state index < -0.39 is 6.10 Å². The van der Waals surface area contributed by atoms with E-state index in [1.165, 1.54) is 19.4 Å². The van der Waals surface area contributed by atoms with Gasteiger partial charge in [0, 0.05) is 24.7 Å². The minimum atomic E-state index is -0.509. The Morgan fingerprint density at radius 3 is 2.90 bits per heavy atom. The average molecular weight is 292 g/mol. The maximum absolute atomic E-state index is 10.6. The van der Waals surface area contributed by atoms with Crippen LogP contribution in [0.5, 0.6) is 5.75 Å². The van der Waals surface area contributed by atoms with E-state index in [2.05, 4.69) is 23.9 Å². The predicted octanol–water partition coefficient (Wildman–Crippen LogP) is 2.14. The van der Waals surface area contributed by atoms with Crippen molar-refractivity contribution in [1.29, 1.82) is 0 Å². The Hall–Kier alpha value is -1.10. The van der Waals surface area contributed by atoms with E-state index in [1.807, 2.05) is 31.2 Å². The van der Waals surface area contributed by atoms with Crippen LogP contribution in [0.1, 0.15) is 31.4 Å². The molecule has 2 rings (SSSR count). The summed E-state index contributed by atoms with van der Waals surface area (Å²) in [6, 6.07) is 8.31. The first-order valence-electron chi connectivity index (χ1n) is 7.90. The van der Waals surface area contributed by atoms with Crippen molar-refractivity contribution in [1.82, 2.24) is 9.80 Å². The molecule has 0 spiro atoms. The fourth-order valence-corrected chi connectivity index (χ4v) is 3.06. The van der Waals surface area contributed by atoms with Crippen molar-refractivity contribution in [2.24, 2.45) is 0 Å². The molecule has 4 nitrogen and oxygen atoms in total. The number of hydrogen-bond acceptors (Lipinski definition) is 4. The number of aliphatic hydroxyl groups is 1. The van der Waals surface area contributed by atoms with E-state index >= 15 is 0 Å². The molecule has 1 heterocycles. The summed E-state index contributed by atoms with van der Waals surface area (Å²) in [5.41, 5.74) is 0.885. The number of piperidine rings is 1. The lowest BCUT2D eigenvalue weighted by Crippen LogP contribution is -2.46. The van der Waals surface area contributed by atoms with Crippen LogP contribution in [0.3, 0.4) is 0 Å². The SMILES string of the molecule is CCOc1ccccc1C(O)CN(C)C1CCCN(C)C1. The number of likely N-dealkylation sites (N-methyl/N-ethyl adjacent to an activating group) is 2. The summed E-state index contributed by atoms with van der Waals surface area (Å²) in [4.78, 5) is 4.65. The molecule has 0 saturated carbocycles. The predicted molar refractivity (Wildman–Crippen MR) is 85.7 cm³/mol. The van der Waals surface area contributed by atoms with Crippen LogP contribution in [-0.4, -0.2) is 61.3 Å². The van der Waals surface area contributed by atoms with E-state index in [4.69, 9.17) is 4.74 Å². The second-order valence-electron chi connectivity index (χ2n) is 5.98. The van der Waals surface area contributed by atoms with Crippen LogP contribution < -0.4 is 4.74 Å². The molecule has 0 aromatic heterocycles. The molecular formula is C17H28N2O2. The largest absolute Gasteiger partial charge is 0.493 e. The molecular weight excluding hydrogens is 264 g/mol. The standard InChI is InChI=1S/C17H28N2O2/c1-4-21-17-10-6-5-9-15(17)16(20)13-19(3)14-8-7-11-18(2)12-14/h5-6,9-10,14,16,20H,4,7-8,11-13H2,1-3H3. The van der Waals surface area contributed by atoms with Crippen LogP contribution in [-0.2, 0) is 0 Å². The van der Waals surface area contributed by atoms with Gasteiger partial charge in [0.05, 0.1) is 12.7 Å². The van der Waals surface area contributed by atoms with Gasteiger partial charge in [-0.15, -0.1) is 0 Å². The number of hydrogen-bond donors (Lipinski definition) is 1. The lowest BCUT2D eigenvalue weighted by atomic mass is 10.0. The molecule has 0 radical (unpaired) electrons. The molecule has 0 bridgehead atoms. The molecule has 0 amide bonds. The number of likely N-dealkylation sites (tertiary alicyclic amines) is 1. The third kappa shape index (κ3) is 4.43. The van der Waals surface area contributed by atoms with Gasteiger partial charge in [0.2, 0.25) is 0 Å². The minimum absolute atomic E-state index is 0.509. The Balaban J connectivity index is 1.98. The Kier molecular flexibility index (Phi) is 6.03. The summed E-state index contributed by atoms with van der Waals surface area (Å²) < 4.78 is 5.62. The molecule has 1 aromatic carbocycles. The first kappa shape index (κ1) is 16.3. The zero-order valence-electron chi connectivity index (χ0n) is 13.5. The van der Waals surface area contributed by atoms with E-state index in [9.17, 15) is 5.11 Å². The summed E-state index contributed by atoms with van der Waals surface area (Å²) in [6.45, 7) is 5.49. The zero-order valence-corrected chi connectivity index (χ0v) is 13.5. The Bertz CT molecular complexity index is 439. The van der Waals surface area contributed by atoms with E-state index in [-0.39, 0.29) is 0 Å². The molecule has 2 unspecified atom stereocenters. The van der Waals surface area contributed by atoms with Gasteiger partial charge in [-0.3, -0.25) is 4.90 Å². The molecule has 0 aliphatic carbocycles. The number of benzene rings is 1. The van der Waals surface area contributed by atoms with Crippen LogP contribution in [0.15, 0.2) is 24.3 Å². The molecule has 1 fully saturated rings. The molecule has 118 valence electrons. The summed E-state index contributed by atoms with van der Waals surface area (Å²) >= 11 is 0. The van der Waals surface area contributed by atoms with Gasteiger partial charge in [-0.05, 0) is 46.5 Å². The lowest BCUT2D eigenvalue weighted by molar-refractivity contribution is 0.0727. The van der Waals surface area contributed by atoms with E-state index in [0.29, 0.717) is 19.2 Å². The topological polar surface area (TPSA) is 35.9 Å². The molecule has 1 aromatic rings. The number of nitrogens with zero attached hydrogens (tertiary/aromatic N) is 2. The van der Waals surface area contributed by atoms with Crippen molar-refractivity contribution in [3.8, 4) is 5.75 Å². The zero-order chi connectivity index (χ0) is 15.2. The van der Waals surface area contributed by atoms with Gasteiger partial charge in [0.15, 0.2) is 0 Å². The van der Waals surface area contributed by atoms with Crippen LogP contribution in [0, 0.1) is 0 Å². The lowest BCUT2D eigenvalue weighted by Gasteiger charge is -2.36. The van der Waals surface area contributed by atoms with Crippen LogP contribution >= 0.6 is 0 Å². The van der Waals surface area contributed by atoms with Gasteiger partial charge in [0.25, 0.3) is 0 Å². The third-order valence-electron chi connectivity index (χ3n) is 4.26. The van der Waals surface area contributed by atoms with Crippen molar-refractivity contribution in [2.75, 3.05) is 40.3 Å². The van der Waals surface area contributed by atoms with Gasteiger partial charge >= 0.3 is 0 Å². The maximum atomic E-state index is 10.6. The average Bonchev–Trinajstić information content (AvgIpc) is 2.48. The normalized spacial score (nSPS) is 21.5. The molecule has 4 heteroatoms. The van der Waals surface area contributed by atoms with Crippen molar-refractivity contribution < 1.29 is 9.84 Å². The second-order valence-corrected chi connectivity index (χ2v) is 5.98. The first-order chi connectivity index (χ1) is 10.1. The van der Waals surface area contributed by atoms with Crippen molar-refractivity contribution in [2.45, 2.75) is 31.9 Å². The van der Waals surface area contributed by atoms with Crippen molar-refractivity contribution >= 4 is 0 Å². The number of para-hydroxylation sites is 1. The summed E-state index contributed by atoms with van der Waals surface area (Å²) in [5, 5.41) is 10.6. The maximum Gasteiger partial charge on any atom is 0.125 e.